The Kier molecular flexibility index (Phi) is 4.47. The highest BCUT2D eigenvalue weighted by molar-refractivity contribution is 5.90. The molecule has 3 aromatic rings. The normalized spacial score (nSPS) is 15.6. The molecule has 6 nitrogen and oxygen atoms in total. The van der Waals surface area contributed by atoms with Crippen LogP contribution in [0.15, 0.2) is 24.3 Å². The van der Waals surface area contributed by atoms with Crippen molar-refractivity contribution in [3.05, 3.63) is 52.7 Å². The molecule has 1 amide bonds. The minimum absolute atomic E-state index is 0.0107. The van der Waals surface area contributed by atoms with Crippen LogP contribution in [-0.4, -0.2) is 37.2 Å². The lowest BCUT2D eigenvalue weighted by atomic mass is 10.1. The molecule has 0 spiro atoms. The molecule has 142 valence electrons. The van der Waals surface area contributed by atoms with Gasteiger partial charge in [0.05, 0.1) is 36.0 Å². The van der Waals surface area contributed by atoms with Gasteiger partial charge in [-0.3, -0.25) is 9.48 Å². The Bertz CT molecular complexity index is 1000. The lowest BCUT2D eigenvalue weighted by molar-refractivity contribution is -0.131. The fourth-order valence-corrected chi connectivity index (χ4v) is 3.76. The van der Waals surface area contributed by atoms with Gasteiger partial charge >= 0.3 is 0 Å². The van der Waals surface area contributed by atoms with E-state index in [0.29, 0.717) is 24.3 Å². The number of nitrogens with one attached hydrogen (secondary N) is 1. The van der Waals surface area contributed by atoms with Crippen molar-refractivity contribution in [3.8, 4) is 0 Å². The van der Waals surface area contributed by atoms with Gasteiger partial charge in [-0.25, -0.2) is 4.39 Å². The molecule has 1 atom stereocenters. The number of aliphatic hydroxyl groups excluding tert-OH is 1. The Morgan fingerprint density at radius 3 is 3.00 bits per heavy atom. The summed E-state index contributed by atoms with van der Waals surface area (Å²) in [5.41, 5.74) is 3.67. The number of fused-ring (bicyclic) bond motifs is 2. The summed E-state index contributed by atoms with van der Waals surface area (Å²) in [4.78, 5) is 17.9. The summed E-state index contributed by atoms with van der Waals surface area (Å²) in [6.07, 6.45) is 0.408. The highest BCUT2D eigenvalue weighted by Crippen LogP contribution is 2.26. The Morgan fingerprint density at radius 2 is 2.22 bits per heavy atom. The molecule has 1 aliphatic rings. The monoisotopic (exact) mass is 370 g/mol. The van der Waals surface area contributed by atoms with Crippen LogP contribution in [0.3, 0.4) is 0 Å². The molecule has 1 aliphatic heterocycles. The molecule has 27 heavy (non-hydrogen) atoms. The Balaban J connectivity index is 1.58. The second-order valence-electron chi connectivity index (χ2n) is 7.20. The second-order valence-corrected chi connectivity index (χ2v) is 7.20. The fraction of sp³-hybridized carbons (Fsp3) is 0.400. The largest absolute Gasteiger partial charge is 0.387 e. The third-order valence-electron chi connectivity index (χ3n) is 5.25. The molecule has 0 fully saturated rings. The zero-order valence-electron chi connectivity index (χ0n) is 15.5. The van der Waals surface area contributed by atoms with E-state index in [2.05, 4.69) is 10.1 Å². The molecule has 1 unspecified atom stereocenters. The molecule has 2 aromatic heterocycles. The molecule has 4 rings (SSSR count). The third kappa shape index (κ3) is 3.23. The summed E-state index contributed by atoms with van der Waals surface area (Å²) in [7, 11) is 0. The Labute approximate surface area is 156 Å². The summed E-state index contributed by atoms with van der Waals surface area (Å²) in [6, 6.07) is 6.79. The summed E-state index contributed by atoms with van der Waals surface area (Å²) in [5, 5.41) is 14.9. The van der Waals surface area contributed by atoms with E-state index in [9.17, 15) is 14.3 Å². The first-order chi connectivity index (χ1) is 12.9. The van der Waals surface area contributed by atoms with Crippen LogP contribution >= 0.6 is 0 Å². The molecular weight excluding hydrogens is 347 g/mol. The van der Waals surface area contributed by atoms with Gasteiger partial charge in [-0.1, -0.05) is 12.1 Å². The number of hydrogen-bond donors (Lipinski definition) is 2. The summed E-state index contributed by atoms with van der Waals surface area (Å²) in [6.45, 7) is 5.40. The van der Waals surface area contributed by atoms with Crippen molar-refractivity contribution in [2.24, 2.45) is 0 Å². The van der Waals surface area contributed by atoms with Crippen molar-refractivity contribution in [3.63, 3.8) is 0 Å². The second kappa shape index (κ2) is 6.81. The van der Waals surface area contributed by atoms with Crippen molar-refractivity contribution < 1.29 is 14.3 Å². The van der Waals surface area contributed by atoms with E-state index in [0.717, 1.165) is 35.3 Å². The number of amides is 1. The number of aromatic nitrogens is 3. The quantitative estimate of drug-likeness (QED) is 0.745. The number of aliphatic hydroxyl groups is 1. The van der Waals surface area contributed by atoms with E-state index in [1.54, 1.807) is 13.0 Å². The number of H-pyrrole nitrogens is 1. The number of hydrogen-bond acceptors (Lipinski definition) is 3. The fourth-order valence-electron chi connectivity index (χ4n) is 3.76. The van der Waals surface area contributed by atoms with Crippen molar-refractivity contribution in [2.75, 3.05) is 6.54 Å². The minimum atomic E-state index is -0.627. The van der Waals surface area contributed by atoms with Crippen molar-refractivity contribution in [2.45, 2.75) is 45.9 Å². The van der Waals surface area contributed by atoms with Gasteiger partial charge < -0.3 is 15.0 Å². The van der Waals surface area contributed by atoms with Gasteiger partial charge in [0.2, 0.25) is 5.91 Å². The lowest BCUT2D eigenvalue weighted by Gasteiger charge is -2.20. The number of nitrogens with zero attached hydrogens (tertiary/aromatic N) is 3. The standard InChI is InChI=1S/C20H23FN4O2/c1-12-16(15-5-3-6-17(21)20(15)22-12)10-19(27)24-7-4-8-25-14(11-24)9-18(23-25)13(2)26/h3,5-6,9,13,22,26H,4,7-8,10-11H2,1-2H3. The molecule has 1 aromatic carbocycles. The number of halogens is 1. The van der Waals surface area contributed by atoms with Crippen molar-refractivity contribution >= 4 is 16.8 Å². The van der Waals surface area contributed by atoms with Crippen LogP contribution in [0.5, 0.6) is 0 Å². The van der Waals surface area contributed by atoms with Gasteiger partial charge in [0.25, 0.3) is 0 Å². The van der Waals surface area contributed by atoms with Crippen LogP contribution < -0.4 is 0 Å². The minimum Gasteiger partial charge on any atom is -0.387 e. The number of carbonyl (C=O) groups is 1. The first-order valence-electron chi connectivity index (χ1n) is 9.22. The molecule has 0 saturated heterocycles. The van der Waals surface area contributed by atoms with Gasteiger partial charge in [-0.15, -0.1) is 0 Å². The summed E-state index contributed by atoms with van der Waals surface area (Å²) < 4.78 is 15.9. The zero-order valence-corrected chi connectivity index (χ0v) is 15.5. The molecule has 3 heterocycles. The van der Waals surface area contributed by atoms with Gasteiger partial charge in [-0.2, -0.15) is 5.10 Å². The molecule has 0 radical (unpaired) electrons. The van der Waals surface area contributed by atoms with Gasteiger partial charge in [0, 0.05) is 24.2 Å². The maximum absolute atomic E-state index is 14.0. The smallest absolute Gasteiger partial charge is 0.227 e. The Hall–Kier alpha value is -2.67. The number of aryl methyl sites for hydroxylation is 2. The predicted octanol–water partition coefficient (Wildman–Crippen LogP) is 2.84. The highest BCUT2D eigenvalue weighted by Gasteiger charge is 2.23. The molecule has 2 N–H and O–H groups in total. The molecule has 7 heteroatoms. The van der Waals surface area contributed by atoms with Gasteiger partial charge in [0.1, 0.15) is 5.82 Å². The van der Waals surface area contributed by atoms with E-state index < -0.39 is 6.10 Å². The van der Waals surface area contributed by atoms with E-state index in [1.165, 1.54) is 6.07 Å². The first kappa shape index (κ1) is 17.7. The Morgan fingerprint density at radius 1 is 1.41 bits per heavy atom. The van der Waals surface area contributed by atoms with Crippen LogP contribution in [0.2, 0.25) is 0 Å². The lowest BCUT2D eigenvalue weighted by Crippen LogP contribution is -2.32. The summed E-state index contributed by atoms with van der Waals surface area (Å²) >= 11 is 0. The van der Waals surface area contributed by atoms with E-state index in [4.69, 9.17) is 0 Å². The predicted molar refractivity (Wildman–Crippen MR) is 99.6 cm³/mol. The number of rotatable bonds is 3. The average molecular weight is 370 g/mol. The van der Waals surface area contributed by atoms with Crippen LogP contribution in [-0.2, 0) is 24.3 Å². The number of aromatic amines is 1. The van der Waals surface area contributed by atoms with Gasteiger partial charge in [-0.05, 0) is 38.0 Å². The van der Waals surface area contributed by atoms with Crippen molar-refractivity contribution in [1.82, 2.24) is 19.7 Å². The molecule has 0 aliphatic carbocycles. The number of benzene rings is 1. The van der Waals surface area contributed by atoms with E-state index in [-0.39, 0.29) is 18.1 Å². The third-order valence-corrected chi connectivity index (χ3v) is 5.25. The number of para-hydroxylation sites is 1. The number of carbonyl (C=O) groups excluding carboxylic acids is 1. The topological polar surface area (TPSA) is 74.2 Å². The van der Waals surface area contributed by atoms with Gasteiger partial charge in [0.15, 0.2) is 0 Å². The van der Waals surface area contributed by atoms with Crippen LogP contribution in [0, 0.1) is 12.7 Å². The molecular formula is C20H23FN4O2. The van der Waals surface area contributed by atoms with E-state index >= 15 is 0 Å². The SMILES string of the molecule is Cc1[nH]c2c(F)cccc2c1CC(=O)N1CCCn2nc(C(C)O)cc2C1. The van der Waals surface area contributed by atoms with Crippen LogP contribution in [0.25, 0.3) is 10.9 Å². The van der Waals surface area contributed by atoms with E-state index in [1.807, 2.05) is 28.6 Å². The van der Waals surface area contributed by atoms with Crippen LogP contribution in [0.4, 0.5) is 4.39 Å². The summed E-state index contributed by atoms with van der Waals surface area (Å²) in [5.74, 6) is -0.296. The average Bonchev–Trinajstić information content (AvgIpc) is 3.10. The zero-order chi connectivity index (χ0) is 19.1. The highest BCUT2D eigenvalue weighted by atomic mass is 19.1. The van der Waals surface area contributed by atoms with Crippen LogP contribution in [0.1, 0.15) is 42.1 Å². The first-order valence-corrected chi connectivity index (χ1v) is 9.22. The molecule has 0 saturated carbocycles. The molecule has 0 bridgehead atoms. The maximum Gasteiger partial charge on any atom is 0.227 e. The maximum atomic E-state index is 14.0. The van der Waals surface area contributed by atoms with Crippen molar-refractivity contribution in [1.29, 1.82) is 0 Å².